The fraction of sp³-hybridized carbons (Fsp3) is 0.0714. The first-order chi connectivity index (χ1) is 17.8. The summed E-state index contributed by atoms with van der Waals surface area (Å²) in [6.45, 7) is 0. The predicted octanol–water partition coefficient (Wildman–Crippen LogP) is 5.71. The molecule has 0 aliphatic rings. The van der Waals surface area contributed by atoms with E-state index in [9.17, 15) is 0 Å². The van der Waals surface area contributed by atoms with E-state index in [1.807, 2.05) is 72.8 Å². The lowest BCUT2D eigenvalue weighted by atomic mass is 10.1. The van der Waals surface area contributed by atoms with Crippen molar-refractivity contribution in [3.8, 4) is 0 Å². The molecular weight excluding hydrogens is 448 g/mol. The summed E-state index contributed by atoms with van der Waals surface area (Å²) in [4.78, 5) is 17.7. The van der Waals surface area contributed by atoms with E-state index in [1.165, 1.54) is 0 Å². The van der Waals surface area contributed by atoms with Crippen LogP contribution in [0.15, 0.2) is 122 Å². The Kier molecular flexibility index (Phi) is 7.24. The minimum Gasteiger partial charge on any atom is -0.346 e. The van der Waals surface area contributed by atoms with E-state index in [0.29, 0.717) is 0 Å². The van der Waals surface area contributed by atoms with Crippen LogP contribution in [0, 0.1) is 0 Å². The Morgan fingerprint density at radius 2 is 0.639 bits per heavy atom. The standard InChI is InChI=1S/C28H26N8/c1-5-17-29-23(9-1)33-27(34-24-10-2-6-18-30-24)21-13-15-22(16-14-21)28(35-25-11-3-7-19-31-25)36-26-12-4-8-20-32-26/h1-20,27-28H,(H,29,33)(H,30,34)(H,31,35)(H,32,36). The Morgan fingerprint density at radius 3 is 0.861 bits per heavy atom. The van der Waals surface area contributed by atoms with Gasteiger partial charge in [-0.15, -0.1) is 0 Å². The predicted molar refractivity (Wildman–Crippen MR) is 143 cm³/mol. The molecule has 0 bridgehead atoms. The third-order valence-electron chi connectivity index (χ3n) is 5.43. The molecule has 0 saturated heterocycles. The molecule has 0 spiro atoms. The molecule has 0 atom stereocenters. The van der Waals surface area contributed by atoms with E-state index in [4.69, 9.17) is 0 Å². The summed E-state index contributed by atoms with van der Waals surface area (Å²) in [5, 5.41) is 13.8. The number of anilines is 4. The van der Waals surface area contributed by atoms with Gasteiger partial charge in [-0.1, -0.05) is 48.5 Å². The summed E-state index contributed by atoms with van der Waals surface area (Å²) in [6, 6.07) is 31.5. The van der Waals surface area contributed by atoms with Crippen molar-refractivity contribution in [1.82, 2.24) is 19.9 Å². The molecule has 5 rings (SSSR count). The molecule has 0 unspecified atom stereocenters. The number of nitrogens with zero attached hydrogens (tertiary/aromatic N) is 4. The molecule has 0 saturated carbocycles. The van der Waals surface area contributed by atoms with Crippen LogP contribution in [-0.2, 0) is 0 Å². The van der Waals surface area contributed by atoms with Crippen LogP contribution in [0.2, 0.25) is 0 Å². The molecule has 4 aromatic heterocycles. The fourth-order valence-corrected chi connectivity index (χ4v) is 3.67. The number of pyridine rings is 4. The average molecular weight is 475 g/mol. The van der Waals surface area contributed by atoms with Crippen molar-refractivity contribution in [2.45, 2.75) is 12.3 Å². The molecule has 1 aromatic carbocycles. The zero-order valence-corrected chi connectivity index (χ0v) is 19.5. The van der Waals surface area contributed by atoms with E-state index in [0.717, 1.165) is 34.4 Å². The summed E-state index contributed by atoms with van der Waals surface area (Å²) in [6.07, 6.45) is 6.58. The minimum atomic E-state index is -0.241. The summed E-state index contributed by atoms with van der Waals surface area (Å²) in [5.74, 6) is 3.06. The SMILES string of the molecule is c1ccc(NC(Nc2ccccn2)c2ccc(C(Nc3ccccn3)Nc3ccccn3)cc2)nc1. The van der Waals surface area contributed by atoms with Gasteiger partial charge in [0.05, 0.1) is 0 Å². The van der Waals surface area contributed by atoms with E-state index < -0.39 is 0 Å². The van der Waals surface area contributed by atoms with E-state index in [-0.39, 0.29) is 12.3 Å². The van der Waals surface area contributed by atoms with Crippen molar-refractivity contribution in [3.63, 3.8) is 0 Å². The van der Waals surface area contributed by atoms with Crippen LogP contribution in [0.4, 0.5) is 23.3 Å². The molecule has 0 aliphatic heterocycles. The van der Waals surface area contributed by atoms with Crippen LogP contribution in [0.5, 0.6) is 0 Å². The van der Waals surface area contributed by atoms with E-state index >= 15 is 0 Å². The Hall–Kier alpha value is -4.98. The Labute approximate surface area is 209 Å². The highest BCUT2D eigenvalue weighted by Gasteiger charge is 2.16. The molecule has 178 valence electrons. The second-order valence-electron chi connectivity index (χ2n) is 7.97. The van der Waals surface area contributed by atoms with Gasteiger partial charge < -0.3 is 21.3 Å². The maximum atomic E-state index is 4.42. The molecule has 36 heavy (non-hydrogen) atoms. The first kappa shape index (κ1) is 22.8. The lowest BCUT2D eigenvalue weighted by Crippen LogP contribution is -2.22. The highest BCUT2D eigenvalue weighted by atomic mass is 15.2. The smallest absolute Gasteiger partial charge is 0.127 e. The first-order valence-corrected chi connectivity index (χ1v) is 11.6. The van der Waals surface area contributed by atoms with Crippen molar-refractivity contribution >= 4 is 23.3 Å². The van der Waals surface area contributed by atoms with Gasteiger partial charge in [0.1, 0.15) is 35.6 Å². The average Bonchev–Trinajstić information content (AvgIpc) is 2.95. The van der Waals surface area contributed by atoms with Crippen molar-refractivity contribution in [1.29, 1.82) is 0 Å². The molecule has 4 heterocycles. The molecule has 4 N–H and O–H groups in total. The Bertz CT molecular complexity index is 1130. The number of hydrogen-bond donors (Lipinski definition) is 4. The summed E-state index contributed by atoms with van der Waals surface area (Å²) in [5.41, 5.74) is 2.06. The first-order valence-electron chi connectivity index (χ1n) is 11.6. The van der Waals surface area contributed by atoms with Gasteiger partial charge in [0.15, 0.2) is 0 Å². The van der Waals surface area contributed by atoms with Gasteiger partial charge in [0.25, 0.3) is 0 Å². The van der Waals surface area contributed by atoms with Crippen LogP contribution in [0.25, 0.3) is 0 Å². The Morgan fingerprint density at radius 1 is 0.361 bits per heavy atom. The topological polar surface area (TPSA) is 99.7 Å². The third kappa shape index (κ3) is 6.12. The van der Waals surface area contributed by atoms with Gasteiger partial charge in [-0.2, -0.15) is 0 Å². The second-order valence-corrected chi connectivity index (χ2v) is 7.97. The Balaban J connectivity index is 1.41. The second kappa shape index (κ2) is 11.4. The van der Waals surface area contributed by atoms with Gasteiger partial charge in [-0.3, -0.25) is 0 Å². The van der Waals surface area contributed by atoms with Crippen molar-refractivity contribution in [2.75, 3.05) is 21.3 Å². The maximum Gasteiger partial charge on any atom is 0.127 e. The van der Waals surface area contributed by atoms with Gasteiger partial charge in [-0.25, -0.2) is 19.9 Å². The summed E-state index contributed by atoms with van der Waals surface area (Å²) < 4.78 is 0. The van der Waals surface area contributed by atoms with Gasteiger partial charge in [0, 0.05) is 24.8 Å². The lowest BCUT2D eigenvalue weighted by molar-refractivity contribution is 0.862. The zero-order chi connectivity index (χ0) is 24.4. The van der Waals surface area contributed by atoms with Crippen molar-refractivity contribution in [3.05, 3.63) is 133 Å². The van der Waals surface area contributed by atoms with Gasteiger partial charge in [-0.05, 0) is 59.7 Å². The molecule has 0 aliphatic carbocycles. The number of nitrogens with one attached hydrogen (secondary N) is 4. The van der Waals surface area contributed by atoms with Crippen LogP contribution < -0.4 is 21.3 Å². The molecule has 8 nitrogen and oxygen atoms in total. The molecule has 0 fully saturated rings. The highest BCUT2D eigenvalue weighted by Crippen LogP contribution is 2.25. The van der Waals surface area contributed by atoms with Crippen molar-refractivity contribution in [2.24, 2.45) is 0 Å². The van der Waals surface area contributed by atoms with Crippen LogP contribution in [-0.4, -0.2) is 19.9 Å². The van der Waals surface area contributed by atoms with E-state index in [1.54, 1.807) is 24.8 Å². The minimum absolute atomic E-state index is 0.241. The zero-order valence-electron chi connectivity index (χ0n) is 19.5. The molecule has 5 aromatic rings. The largest absolute Gasteiger partial charge is 0.346 e. The van der Waals surface area contributed by atoms with Crippen molar-refractivity contribution < 1.29 is 0 Å². The van der Waals surface area contributed by atoms with Gasteiger partial charge in [0.2, 0.25) is 0 Å². The normalized spacial score (nSPS) is 10.7. The third-order valence-corrected chi connectivity index (χ3v) is 5.43. The van der Waals surface area contributed by atoms with Crippen LogP contribution in [0.3, 0.4) is 0 Å². The van der Waals surface area contributed by atoms with Crippen LogP contribution in [0.1, 0.15) is 23.5 Å². The number of aromatic nitrogens is 4. The maximum absolute atomic E-state index is 4.42. The highest BCUT2D eigenvalue weighted by molar-refractivity contribution is 5.48. The molecule has 8 heteroatoms. The number of rotatable bonds is 10. The summed E-state index contributed by atoms with van der Waals surface area (Å²) in [7, 11) is 0. The quantitative estimate of drug-likeness (QED) is 0.191. The molecule has 0 amide bonds. The van der Waals surface area contributed by atoms with Gasteiger partial charge >= 0.3 is 0 Å². The number of hydrogen-bond acceptors (Lipinski definition) is 8. The fourth-order valence-electron chi connectivity index (χ4n) is 3.67. The number of benzene rings is 1. The molecule has 0 radical (unpaired) electrons. The van der Waals surface area contributed by atoms with E-state index in [2.05, 4.69) is 65.5 Å². The monoisotopic (exact) mass is 474 g/mol. The summed E-state index contributed by atoms with van der Waals surface area (Å²) >= 11 is 0. The molecular formula is C28H26N8. The lowest BCUT2D eigenvalue weighted by Gasteiger charge is -2.24. The van der Waals surface area contributed by atoms with Crippen LogP contribution >= 0.6 is 0 Å².